The summed E-state index contributed by atoms with van der Waals surface area (Å²) in [6.45, 7) is -0.852. The maximum atomic E-state index is 12.8. The SMILES string of the molecule is Cl.N[C@H](CF)c1c(Br)ccc(F)c1O. The molecule has 1 rings (SSSR count). The Morgan fingerprint density at radius 3 is 2.57 bits per heavy atom. The molecular formula is C8H9BrClF2NO. The first-order chi connectivity index (χ1) is 6.07. The van der Waals surface area contributed by atoms with Crippen molar-refractivity contribution in [1.29, 1.82) is 0 Å². The summed E-state index contributed by atoms with van der Waals surface area (Å²) in [4.78, 5) is 0. The lowest BCUT2D eigenvalue weighted by molar-refractivity contribution is 0.395. The summed E-state index contributed by atoms with van der Waals surface area (Å²) in [7, 11) is 0. The molecule has 0 saturated heterocycles. The van der Waals surface area contributed by atoms with Crippen LogP contribution in [0.15, 0.2) is 16.6 Å². The van der Waals surface area contributed by atoms with E-state index < -0.39 is 24.3 Å². The zero-order valence-corrected chi connectivity index (χ0v) is 9.41. The summed E-state index contributed by atoms with van der Waals surface area (Å²) in [5, 5.41) is 9.23. The van der Waals surface area contributed by atoms with Crippen LogP contribution >= 0.6 is 28.3 Å². The number of aromatic hydroxyl groups is 1. The molecule has 0 unspecified atom stereocenters. The average molecular weight is 289 g/mol. The lowest BCUT2D eigenvalue weighted by Crippen LogP contribution is -2.13. The molecule has 0 saturated carbocycles. The molecule has 1 atom stereocenters. The van der Waals surface area contributed by atoms with Gasteiger partial charge in [-0.15, -0.1) is 12.4 Å². The van der Waals surface area contributed by atoms with Crippen LogP contribution in [0.1, 0.15) is 11.6 Å². The number of hydrogen-bond acceptors (Lipinski definition) is 2. The lowest BCUT2D eigenvalue weighted by Gasteiger charge is -2.12. The van der Waals surface area contributed by atoms with Gasteiger partial charge in [0.2, 0.25) is 0 Å². The van der Waals surface area contributed by atoms with Crippen molar-refractivity contribution in [3.05, 3.63) is 28.0 Å². The van der Waals surface area contributed by atoms with E-state index in [1.807, 2.05) is 0 Å². The van der Waals surface area contributed by atoms with E-state index in [0.717, 1.165) is 6.07 Å². The second-order valence-electron chi connectivity index (χ2n) is 2.55. The van der Waals surface area contributed by atoms with E-state index in [1.54, 1.807) is 0 Å². The molecular weight excluding hydrogens is 279 g/mol. The van der Waals surface area contributed by atoms with Crippen molar-refractivity contribution in [3.8, 4) is 5.75 Å². The molecule has 0 bridgehead atoms. The first-order valence-corrected chi connectivity index (χ1v) is 4.35. The van der Waals surface area contributed by atoms with Crippen LogP contribution < -0.4 is 5.73 Å². The van der Waals surface area contributed by atoms with Gasteiger partial charge in [-0.25, -0.2) is 8.78 Å². The van der Waals surface area contributed by atoms with E-state index in [9.17, 15) is 13.9 Å². The minimum Gasteiger partial charge on any atom is -0.505 e. The highest BCUT2D eigenvalue weighted by Gasteiger charge is 2.17. The largest absolute Gasteiger partial charge is 0.505 e. The maximum absolute atomic E-state index is 12.8. The minimum absolute atomic E-state index is 0. The molecule has 14 heavy (non-hydrogen) atoms. The first kappa shape index (κ1) is 13.6. The normalized spacial score (nSPS) is 12.0. The van der Waals surface area contributed by atoms with Gasteiger partial charge in [0.1, 0.15) is 6.67 Å². The van der Waals surface area contributed by atoms with Gasteiger partial charge in [-0.1, -0.05) is 15.9 Å². The fraction of sp³-hybridized carbons (Fsp3) is 0.250. The van der Waals surface area contributed by atoms with Gasteiger partial charge in [0.15, 0.2) is 11.6 Å². The van der Waals surface area contributed by atoms with Crippen molar-refractivity contribution < 1.29 is 13.9 Å². The molecule has 0 spiro atoms. The van der Waals surface area contributed by atoms with Crippen molar-refractivity contribution in [2.75, 3.05) is 6.67 Å². The smallest absolute Gasteiger partial charge is 0.165 e. The van der Waals surface area contributed by atoms with Crippen molar-refractivity contribution in [2.45, 2.75) is 6.04 Å². The van der Waals surface area contributed by atoms with Gasteiger partial charge in [-0.05, 0) is 12.1 Å². The fourth-order valence-electron chi connectivity index (χ4n) is 0.987. The topological polar surface area (TPSA) is 46.2 Å². The molecule has 1 aromatic rings. The summed E-state index contributed by atoms with van der Waals surface area (Å²) in [5.74, 6) is -1.40. The Morgan fingerprint density at radius 1 is 1.50 bits per heavy atom. The number of benzene rings is 1. The third kappa shape index (κ3) is 2.56. The van der Waals surface area contributed by atoms with Gasteiger partial charge in [-0.2, -0.15) is 0 Å². The second kappa shape index (κ2) is 5.48. The highest BCUT2D eigenvalue weighted by atomic mass is 79.9. The van der Waals surface area contributed by atoms with E-state index in [4.69, 9.17) is 5.73 Å². The van der Waals surface area contributed by atoms with E-state index in [-0.39, 0.29) is 18.0 Å². The minimum atomic E-state index is -1.01. The molecule has 0 radical (unpaired) electrons. The van der Waals surface area contributed by atoms with Crippen LogP contribution in [0.3, 0.4) is 0 Å². The van der Waals surface area contributed by atoms with Gasteiger partial charge in [0.05, 0.1) is 6.04 Å². The molecule has 6 heteroatoms. The van der Waals surface area contributed by atoms with E-state index in [1.165, 1.54) is 6.07 Å². The molecule has 3 N–H and O–H groups in total. The van der Waals surface area contributed by atoms with Gasteiger partial charge in [0.25, 0.3) is 0 Å². The molecule has 0 amide bonds. The summed E-state index contributed by atoms with van der Waals surface area (Å²) >= 11 is 3.05. The van der Waals surface area contributed by atoms with Crippen LogP contribution in [0.25, 0.3) is 0 Å². The molecule has 0 fully saturated rings. The van der Waals surface area contributed by atoms with Gasteiger partial charge < -0.3 is 10.8 Å². The lowest BCUT2D eigenvalue weighted by atomic mass is 10.1. The third-order valence-corrected chi connectivity index (χ3v) is 2.34. The number of alkyl halides is 1. The monoisotopic (exact) mass is 287 g/mol. The third-order valence-electron chi connectivity index (χ3n) is 1.65. The van der Waals surface area contributed by atoms with Gasteiger partial charge in [-0.3, -0.25) is 0 Å². The summed E-state index contributed by atoms with van der Waals surface area (Å²) in [6, 6.07) is 1.44. The zero-order valence-electron chi connectivity index (χ0n) is 7.01. The first-order valence-electron chi connectivity index (χ1n) is 3.56. The van der Waals surface area contributed by atoms with E-state index >= 15 is 0 Å². The van der Waals surface area contributed by atoms with Crippen LogP contribution in [-0.2, 0) is 0 Å². The number of hydrogen-bond donors (Lipinski definition) is 2. The van der Waals surface area contributed by atoms with Crippen molar-refractivity contribution in [1.82, 2.24) is 0 Å². The van der Waals surface area contributed by atoms with Gasteiger partial charge >= 0.3 is 0 Å². The molecule has 80 valence electrons. The fourth-order valence-corrected chi connectivity index (χ4v) is 1.60. The zero-order chi connectivity index (χ0) is 10.0. The number of phenols is 1. The molecule has 0 aliphatic heterocycles. The molecule has 0 heterocycles. The van der Waals surface area contributed by atoms with Crippen LogP contribution in [-0.4, -0.2) is 11.8 Å². The Balaban J connectivity index is 0.00000169. The summed E-state index contributed by atoms with van der Waals surface area (Å²) < 4.78 is 25.4. The molecule has 0 aliphatic carbocycles. The average Bonchev–Trinajstić information content (AvgIpc) is 2.12. The number of rotatable bonds is 2. The van der Waals surface area contributed by atoms with Gasteiger partial charge in [0, 0.05) is 10.0 Å². The quantitative estimate of drug-likeness (QED) is 0.879. The van der Waals surface area contributed by atoms with Crippen molar-refractivity contribution in [3.63, 3.8) is 0 Å². The van der Waals surface area contributed by atoms with Crippen LogP contribution in [0.4, 0.5) is 8.78 Å². The van der Waals surface area contributed by atoms with E-state index in [2.05, 4.69) is 15.9 Å². The Bertz CT molecular complexity index is 324. The Morgan fingerprint density at radius 2 is 2.07 bits per heavy atom. The van der Waals surface area contributed by atoms with Crippen molar-refractivity contribution >= 4 is 28.3 Å². The second-order valence-corrected chi connectivity index (χ2v) is 3.41. The summed E-state index contributed by atoms with van der Waals surface area (Å²) in [6.07, 6.45) is 0. The van der Waals surface area contributed by atoms with Crippen LogP contribution in [0.2, 0.25) is 0 Å². The standard InChI is InChI=1S/C8H8BrF2NO.ClH/c9-4-1-2-5(11)8(13)7(4)6(12)3-10;/h1-2,6,13H,3,12H2;1H/t6-;/m1./s1. The molecule has 0 aliphatic rings. The predicted octanol–water partition coefficient (Wildman–Crippen LogP) is 2.68. The molecule has 1 aromatic carbocycles. The Hall–Kier alpha value is -0.390. The predicted molar refractivity (Wildman–Crippen MR) is 55.9 cm³/mol. The van der Waals surface area contributed by atoms with Crippen LogP contribution in [0.5, 0.6) is 5.75 Å². The highest BCUT2D eigenvalue weighted by Crippen LogP contribution is 2.32. The number of phenolic OH excluding ortho intramolecular Hbond substituents is 1. The van der Waals surface area contributed by atoms with E-state index in [0.29, 0.717) is 4.47 Å². The number of nitrogens with two attached hydrogens (primary N) is 1. The molecule has 0 aromatic heterocycles. The van der Waals surface area contributed by atoms with Crippen molar-refractivity contribution in [2.24, 2.45) is 5.73 Å². The maximum Gasteiger partial charge on any atom is 0.165 e. The summed E-state index contributed by atoms with van der Waals surface area (Å²) in [5.41, 5.74) is 5.39. The van der Waals surface area contributed by atoms with Crippen LogP contribution in [0, 0.1) is 5.82 Å². The highest BCUT2D eigenvalue weighted by molar-refractivity contribution is 9.10. The molecule has 2 nitrogen and oxygen atoms in total. The Labute approximate surface area is 94.6 Å². The Kier molecular flexibility index (Phi) is 5.33. The number of halogens is 4.